The maximum atomic E-state index is 12.4. The van der Waals surface area contributed by atoms with Crippen molar-refractivity contribution < 1.29 is 14.3 Å². The SMILES string of the molecule is CC(C)(C)OC(=O)n1cccc1-c1ccc(C(=O)N2CCCC2)cc1. The fourth-order valence-corrected chi connectivity index (χ4v) is 2.97. The van der Waals surface area contributed by atoms with Crippen molar-refractivity contribution in [2.24, 2.45) is 0 Å². The zero-order chi connectivity index (χ0) is 18.0. The Morgan fingerprint density at radius 3 is 2.24 bits per heavy atom. The highest BCUT2D eigenvalue weighted by Crippen LogP contribution is 2.23. The minimum absolute atomic E-state index is 0.0755. The lowest BCUT2D eigenvalue weighted by Gasteiger charge is -2.20. The lowest BCUT2D eigenvalue weighted by molar-refractivity contribution is 0.0540. The molecule has 0 bridgehead atoms. The van der Waals surface area contributed by atoms with Crippen molar-refractivity contribution in [3.05, 3.63) is 48.2 Å². The van der Waals surface area contributed by atoms with Gasteiger partial charge in [-0.1, -0.05) is 12.1 Å². The predicted octanol–water partition coefficient (Wildman–Crippen LogP) is 4.17. The molecule has 1 fully saturated rings. The van der Waals surface area contributed by atoms with E-state index in [2.05, 4.69) is 0 Å². The van der Waals surface area contributed by atoms with Crippen molar-refractivity contribution in [3.63, 3.8) is 0 Å². The first-order chi connectivity index (χ1) is 11.8. The Balaban J connectivity index is 1.80. The number of hydrogen-bond donors (Lipinski definition) is 0. The second kappa shape index (κ2) is 6.75. The quantitative estimate of drug-likeness (QED) is 0.824. The molecule has 0 saturated carbocycles. The molecule has 0 unspecified atom stereocenters. The average molecular weight is 340 g/mol. The average Bonchev–Trinajstić information content (AvgIpc) is 3.24. The number of nitrogens with zero attached hydrogens (tertiary/aromatic N) is 2. The normalized spacial score (nSPS) is 14.6. The van der Waals surface area contributed by atoms with Crippen LogP contribution in [0.25, 0.3) is 11.3 Å². The largest absolute Gasteiger partial charge is 0.443 e. The first-order valence-corrected chi connectivity index (χ1v) is 8.65. The lowest BCUT2D eigenvalue weighted by Crippen LogP contribution is -2.27. The Hall–Kier alpha value is -2.56. The summed E-state index contributed by atoms with van der Waals surface area (Å²) in [6.45, 7) is 7.19. The molecule has 1 aromatic heterocycles. The Labute approximate surface area is 148 Å². The van der Waals surface area contributed by atoms with Gasteiger partial charge in [0.25, 0.3) is 5.91 Å². The molecule has 5 heteroatoms. The molecule has 1 aromatic carbocycles. The summed E-state index contributed by atoms with van der Waals surface area (Å²) < 4.78 is 6.93. The molecule has 1 aliphatic heterocycles. The minimum Gasteiger partial charge on any atom is -0.443 e. The van der Waals surface area contributed by atoms with Crippen molar-refractivity contribution in [1.29, 1.82) is 0 Å². The van der Waals surface area contributed by atoms with E-state index in [4.69, 9.17) is 4.74 Å². The van der Waals surface area contributed by atoms with Gasteiger partial charge in [0.1, 0.15) is 5.60 Å². The molecule has 0 atom stereocenters. The van der Waals surface area contributed by atoms with Gasteiger partial charge in [-0.2, -0.15) is 0 Å². The van der Waals surface area contributed by atoms with Crippen LogP contribution in [0.2, 0.25) is 0 Å². The molecule has 3 rings (SSSR count). The topological polar surface area (TPSA) is 51.5 Å². The second-order valence-electron chi connectivity index (χ2n) is 7.32. The summed E-state index contributed by atoms with van der Waals surface area (Å²) in [7, 11) is 0. The molecule has 1 amide bonds. The Kier molecular flexibility index (Phi) is 4.66. The van der Waals surface area contributed by atoms with Crippen LogP contribution in [0.4, 0.5) is 4.79 Å². The highest BCUT2D eigenvalue weighted by Gasteiger charge is 2.21. The zero-order valence-electron chi connectivity index (χ0n) is 15.0. The number of hydrogen-bond acceptors (Lipinski definition) is 3. The van der Waals surface area contributed by atoms with E-state index in [0.29, 0.717) is 5.56 Å². The maximum absolute atomic E-state index is 12.4. The van der Waals surface area contributed by atoms with E-state index in [1.165, 1.54) is 4.57 Å². The van der Waals surface area contributed by atoms with E-state index in [1.54, 1.807) is 6.20 Å². The van der Waals surface area contributed by atoms with Gasteiger partial charge in [-0.25, -0.2) is 4.79 Å². The number of likely N-dealkylation sites (tertiary alicyclic amines) is 1. The summed E-state index contributed by atoms with van der Waals surface area (Å²) in [5, 5.41) is 0. The predicted molar refractivity (Wildman–Crippen MR) is 96.6 cm³/mol. The molecule has 0 radical (unpaired) electrons. The summed E-state index contributed by atoms with van der Waals surface area (Å²) in [4.78, 5) is 26.7. The molecule has 5 nitrogen and oxygen atoms in total. The molecular weight excluding hydrogens is 316 g/mol. The smallest absolute Gasteiger partial charge is 0.418 e. The Morgan fingerprint density at radius 1 is 1.00 bits per heavy atom. The van der Waals surface area contributed by atoms with Crippen LogP contribution in [0.3, 0.4) is 0 Å². The van der Waals surface area contributed by atoms with Crippen LogP contribution in [-0.2, 0) is 4.74 Å². The van der Waals surface area contributed by atoms with E-state index >= 15 is 0 Å². The van der Waals surface area contributed by atoms with Gasteiger partial charge in [-0.15, -0.1) is 0 Å². The summed E-state index contributed by atoms with van der Waals surface area (Å²) in [5.74, 6) is 0.0755. The van der Waals surface area contributed by atoms with E-state index in [1.807, 2.05) is 62.1 Å². The highest BCUT2D eigenvalue weighted by atomic mass is 16.6. The maximum Gasteiger partial charge on any atom is 0.418 e. The molecule has 0 N–H and O–H groups in total. The third-order valence-corrected chi connectivity index (χ3v) is 4.16. The third-order valence-electron chi connectivity index (χ3n) is 4.16. The number of amides is 1. The van der Waals surface area contributed by atoms with Gasteiger partial charge in [0.15, 0.2) is 0 Å². The fraction of sp³-hybridized carbons (Fsp3) is 0.400. The van der Waals surface area contributed by atoms with Crippen molar-refractivity contribution >= 4 is 12.0 Å². The number of rotatable bonds is 2. The summed E-state index contributed by atoms with van der Waals surface area (Å²) in [6, 6.07) is 11.1. The van der Waals surface area contributed by atoms with Crippen LogP contribution in [-0.4, -0.2) is 40.2 Å². The number of ether oxygens (including phenoxy) is 1. The fourth-order valence-electron chi connectivity index (χ4n) is 2.97. The number of carbonyl (C=O) groups is 2. The molecule has 2 aromatic rings. The Bertz CT molecular complexity index is 763. The van der Waals surface area contributed by atoms with Crippen molar-refractivity contribution in [3.8, 4) is 11.3 Å². The van der Waals surface area contributed by atoms with Crippen LogP contribution < -0.4 is 0 Å². The van der Waals surface area contributed by atoms with E-state index in [0.717, 1.165) is 37.2 Å². The van der Waals surface area contributed by atoms with Crippen LogP contribution in [0.15, 0.2) is 42.6 Å². The first-order valence-electron chi connectivity index (χ1n) is 8.65. The zero-order valence-corrected chi connectivity index (χ0v) is 15.0. The highest BCUT2D eigenvalue weighted by molar-refractivity contribution is 5.95. The van der Waals surface area contributed by atoms with Crippen LogP contribution >= 0.6 is 0 Å². The molecule has 2 heterocycles. The minimum atomic E-state index is -0.551. The molecule has 1 saturated heterocycles. The van der Waals surface area contributed by atoms with Crippen LogP contribution in [0, 0.1) is 0 Å². The molecule has 132 valence electrons. The first kappa shape index (κ1) is 17.3. The van der Waals surface area contributed by atoms with Gasteiger partial charge >= 0.3 is 6.09 Å². The Morgan fingerprint density at radius 2 is 1.64 bits per heavy atom. The van der Waals surface area contributed by atoms with E-state index in [-0.39, 0.29) is 5.91 Å². The molecule has 0 spiro atoms. The number of aromatic nitrogens is 1. The number of carbonyl (C=O) groups excluding carboxylic acids is 2. The van der Waals surface area contributed by atoms with Gasteiger partial charge in [0, 0.05) is 24.8 Å². The van der Waals surface area contributed by atoms with Gasteiger partial charge in [-0.3, -0.25) is 9.36 Å². The third kappa shape index (κ3) is 3.92. The van der Waals surface area contributed by atoms with Crippen LogP contribution in [0.1, 0.15) is 44.0 Å². The summed E-state index contributed by atoms with van der Waals surface area (Å²) >= 11 is 0. The molecule has 0 aliphatic carbocycles. The standard InChI is InChI=1S/C20H24N2O3/c1-20(2,3)25-19(24)22-14-6-7-17(22)15-8-10-16(11-9-15)18(23)21-12-4-5-13-21/h6-11,14H,4-5,12-13H2,1-3H3. The van der Waals surface area contributed by atoms with Gasteiger partial charge in [0.05, 0.1) is 5.69 Å². The van der Waals surface area contributed by atoms with Crippen molar-refractivity contribution in [2.45, 2.75) is 39.2 Å². The molecule has 25 heavy (non-hydrogen) atoms. The molecule has 1 aliphatic rings. The second-order valence-corrected chi connectivity index (χ2v) is 7.32. The van der Waals surface area contributed by atoms with E-state index < -0.39 is 11.7 Å². The molecular formula is C20H24N2O3. The number of benzene rings is 1. The van der Waals surface area contributed by atoms with Gasteiger partial charge in [-0.05, 0) is 63.4 Å². The summed E-state index contributed by atoms with van der Waals surface area (Å²) in [5.41, 5.74) is 1.74. The lowest BCUT2D eigenvalue weighted by atomic mass is 10.1. The van der Waals surface area contributed by atoms with Crippen molar-refractivity contribution in [2.75, 3.05) is 13.1 Å². The van der Waals surface area contributed by atoms with Crippen molar-refractivity contribution in [1.82, 2.24) is 9.47 Å². The van der Waals surface area contributed by atoms with Gasteiger partial charge < -0.3 is 9.64 Å². The summed E-state index contributed by atoms with van der Waals surface area (Å²) in [6.07, 6.45) is 3.43. The van der Waals surface area contributed by atoms with Crippen LogP contribution in [0.5, 0.6) is 0 Å². The monoisotopic (exact) mass is 340 g/mol. The van der Waals surface area contributed by atoms with Gasteiger partial charge in [0.2, 0.25) is 0 Å². The van der Waals surface area contributed by atoms with E-state index in [9.17, 15) is 9.59 Å².